The van der Waals surface area contributed by atoms with Gasteiger partial charge in [-0.3, -0.25) is 0 Å². The highest BCUT2D eigenvalue weighted by Crippen LogP contribution is 2.69. The molecule has 0 bridgehead atoms. The maximum Gasteiger partial charge on any atom is 0.124 e. The van der Waals surface area contributed by atoms with Crippen molar-refractivity contribution in [3.63, 3.8) is 0 Å². The molecule has 0 radical (unpaired) electrons. The molecule has 31 heavy (non-hydrogen) atoms. The Bertz CT molecular complexity index is 651. The molecule has 0 aromatic rings. The Hall–Kier alpha value is -0.160. The Morgan fingerprint density at radius 2 is 1.58 bits per heavy atom. The molecule has 4 aliphatic rings. The summed E-state index contributed by atoms with van der Waals surface area (Å²) in [7, 11) is 0. The van der Waals surface area contributed by atoms with Crippen molar-refractivity contribution >= 4 is 0 Å². The van der Waals surface area contributed by atoms with Crippen LogP contribution in [0.3, 0.4) is 0 Å². The Balaban J connectivity index is 1.55. The third kappa shape index (κ3) is 3.45. The van der Waals surface area contributed by atoms with E-state index in [0.29, 0.717) is 42.4 Å². The third-order valence-electron chi connectivity index (χ3n) is 11.1. The van der Waals surface area contributed by atoms with Gasteiger partial charge in [-0.05, 0) is 85.9 Å². The van der Waals surface area contributed by atoms with E-state index in [1.54, 1.807) is 0 Å². The zero-order valence-electron chi connectivity index (χ0n) is 20.6. The first-order chi connectivity index (χ1) is 14.5. The van der Waals surface area contributed by atoms with Crippen LogP contribution in [0.5, 0.6) is 0 Å². The van der Waals surface area contributed by atoms with E-state index in [0.717, 1.165) is 24.2 Å². The summed E-state index contributed by atoms with van der Waals surface area (Å²) in [6, 6.07) is 0. The third-order valence-corrected chi connectivity index (χ3v) is 11.1. The first kappa shape index (κ1) is 24.0. The molecule has 0 spiro atoms. The minimum Gasteiger partial charge on any atom is -0.390 e. The van der Waals surface area contributed by atoms with E-state index in [2.05, 4.69) is 34.6 Å². The maximum absolute atomic E-state index is 11.6. The van der Waals surface area contributed by atoms with E-state index in [1.807, 2.05) is 0 Å². The lowest BCUT2D eigenvalue weighted by Crippen LogP contribution is -2.74. The fraction of sp³-hybridized carbons (Fsp3) is 1.00. The SMILES string of the molecule is CC(C)CCC[C@@H](C)[C@H]1CC[C@H]2[C@@H]3C[C@@H](O)[C@@]4(O)[C@@H](O)[C@@H](O)CC[C@]4(C)[C@H]3CC[C@]12C. The highest BCUT2D eigenvalue weighted by molar-refractivity contribution is 5.19. The van der Waals surface area contributed by atoms with Gasteiger partial charge in [0.2, 0.25) is 0 Å². The van der Waals surface area contributed by atoms with E-state index >= 15 is 0 Å². The van der Waals surface area contributed by atoms with Crippen LogP contribution in [-0.2, 0) is 0 Å². The highest BCUT2D eigenvalue weighted by atomic mass is 16.4. The Kier molecular flexibility index (Phi) is 6.38. The van der Waals surface area contributed by atoms with Crippen molar-refractivity contribution in [1.82, 2.24) is 0 Å². The molecule has 0 amide bonds. The number of aliphatic hydroxyl groups is 4. The van der Waals surface area contributed by atoms with Gasteiger partial charge in [0, 0.05) is 5.41 Å². The van der Waals surface area contributed by atoms with E-state index in [4.69, 9.17) is 0 Å². The predicted octanol–water partition coefficient (Wildman–Crippen LogP) is 4.53. The average Bonchev–Trinajstić information content (AvgIpc) is 3.06. The molecule has 0 unspecified atom stereocenters. The molecule has 4 rings (SSSR count). The van der Waals surface area contributed by atoms with E-state index in [9.17, 15) is 20.4 Å². The van der Waals surface area contributed by atoms with E-state index in [-0.39, 0.29) is 0 Å². The van der Waals surface area contributed by atoms with Gasteiger partial charge in [0.25, 0.3) is 0 Å². The van der Waals surface area contributed by atoms with Crippen LogP contribution in [0.25, 0.3) is 0 Å². The van der Waals surface area contributed by atoms with Gasteiger partial charge in [-0.2, -0.15) is 0 Å². The van der Waals surface area contributed by atoms with Crippen LogP contribution in [-0.4, -0.2) is 44.3 Å². The van der Waals surface area contributed by atoms with E-state index < -0.39 is 29.3 Å². The lowest BCUT2D eigenvalue weighted by atomic mass is 9.42. The Morgan fingerprint density at radius 1 is 0.871 bits per heavy atom. The molecule has 180 valence electrons. The van der Waals surface area contributed by atoms with Gasteiger partial charge in [-0.25, -0.2) is 0 Å². The summed E-state index contributed by atoms with van der Waals surface area (Å²) in [5.41, 5.74) is -1.80. The number of fused-ring (bicyclic) bond motifs is 5. The van der Waals surface area contributed by atoms with Crippen LogP contribution < -0.4 is 0 Å². The summed E-state index contributed by atoms with van der Waals surface area (Å²) in [4.78, 5) is 0. The lowest BCUT2D eigenvalue weighted by Gasteiger charge is -2.66. The summed E-state index contributed by atoms with van der Waals surface area (Å²) in [6.45, 7) is 11.7. The van der Waals surface area contributed by atoms with Crippen molar-refractivity contribution < 1.29 is 20.4 Å². The van der Waals surface area contributed by atoms with Crippen LogP contribution in [0.2, 0.25) is 0 Å². The van der Waals surface area contributed by atoms with Crippen LogP contribution in [0.4, 0.5) is 0 Å². The molecule has 0 aromatic carbocycles. The largest absolute Gasteiger partial charge is 0.390 e. The van der Waals surface area contributed by atoms with Crippen LogP contribution >= 0.6 is 0 Å². The van der Waals surface area contributed by atoms with Crippen molar-refractivity contribution in [2.24, 2.45) is 46.3 Å². The minimum atomic E-state index is -1.60. The second kappa shape index (κ2) is 8.25. The molecular weight excluding hydrogens is 388 g/mol. The molecule has 0 aromatic heterocycles. The van der Waals surface area contributed by atoms with Crippen molar-refractivity contribution in [1.29, 1.82) is 0 Å². The van der Waals surface area contributed by atoms with Gasteiger partial charge in [-0.1, -0.05) is 53.9 Å². The normalized spacial score (nSPS) is 53.0. The number of hydrogen-bond acceptors (Lipinski definition) is 4. The zero-order valence-corrected chi connectivity index (χ0v) is 20.6. The van der Waals surface area contributed by atoms with Crippen molar-refractivity contribution in [2.45, 2.75) is 123 Å². The number of rotatable bonds is 5. The molecule has 11 atom stereocenters. The fourth-order valence-corrected chi connectivity index (χ4v) is 9.37. The van der Waals surface area contributed by atoms with Crippen molar-refractivity contribution in [2.75, 3.05) is 0 Å². The van der Waals surface area contributed by atoms with Gasteiger partial charge in [0.1, 0.15) is 11.7 Å². The molecule has 4 fully saturated rings. The number of aliphatic hydroxyl groups excluding tert-OH is 3. The van der Waals surface area contributed by atoms with Gasteiger partial charge < -0.3 is 20.4 Å². The summed E-state index contributed by atoms with van der Waals surface area (Å²) in [5.74, 6) is 3.62. The van der Waals surface area contributed by atoms with Crippen molar-refractivity contribution in [3.8, 4) is 0 Å². The lowest BCUT2D eigenvalue weighted by molar-refractivity contribution is -0.305. The molecule has 4 heteroatoms. The predicted molar refractivity (Wildman–Crippen MR) is 123 cm³/mol. The van der Waals surface area contributed by atoms with E-state index in [1.165, 1.54) is 38.5 Å². The first-order valence-corrected chi connectivity index (χ1v) is 13.2. The van der Waals surface area contributed by atoms with Crippen molar-refractivity contribution in [3.05, 3.63) is 0 Å². The summed E-state index contributed by atoms with van der Waals surface area (Å²) >= 11 is 0. The average molecular weight is 437 g/mol. The second-order valence-electron chi connectivity index (χ2n) is 13.0. The monoisotopic (exact) mass is 436 g/mol. The quantitative estimate of drug-likeness (QED) is 0.511. The molecule has 4 nitrogen and oxygen atoms in total. The molecule has 4 saturated carbocycles. The van der Waals surface area contributed by atoms with Crippen LogP contribution in [0.15, 0.2) is 0 Å². The maximum atomic E-state index is 11.6. The Labute approximate surface area is 189 Å². The molecule has 0 saturated heterocycles. The highest BCUT2D eigenvalue weighted by Gasteiger charge is 2.70. The Morgan fingerprint density at radius 3 is 2.26 bits per heavy atom. The standard InChI is InChI=1S/C27H48O4/c1-16(2)7-6-8-17(3)19-9-10-20-18-15-23(29)27(31)24(30)22(28)12-14-26(27,5)21(18)11-13-25(19,20)4/h16-24,28-31H,6-15H2,1-5H3/t17-,18+,19-,20+,21+,22+,23-,24+,25-,26-,27-/m1/s1. The topological polar surface area (TPSA) is 80.9 Å². The smallest absolute Gasteiger partial charge is 0.124 e. The summed E-state index contributed by atoms with van der Waals surface area (Å²) in [6.07, 6.45) is 7.35. The fourth-order valence-electron chi connectivity index (χ4n) is 9.37. The molecule has 0 heterocycles. The first-order valence-electron chi connectivity index (χ1n) is 13.2. The molecule has 4 aliphatic carbocycles. The number of hydrogen-bond donors (Lipinski definition) is 4. The van der Waals surface area contributed by atoms with Crippen LogP contribution in [0.1, 0.15) is 98.8 Å². The molecule has 4 N–H and O–H groups in total. The summed E-state index contributed by atoms with van der Waals surface area (Å²) < 4.78 is 0. The summed E-state index contributed by atoms with van der Waals surface area (Å²) in [5, 5.41) is 43.9. The zero-order chi connectivity index (χ0) is 22.8. The van der Waals surface area contributed by atoms with Gasteiger partial charge >= 0.3 is 0 Å². The van der Waals surface area contributed by atoms with Gasteiger partial charge in [-0.15, -0.1) is 0 Å². The minimum absolute atomic E-state index is 0.316. The second-order valence-corrected chi connectivity index (χ2v) is 13.0. The molecule has 0 aliphatic heterocycles. The molecular formula is C27H48O4. The van der Waals surface area contributed by atoms with Gasteiger partial charge in [0.15, 0.2) is 0 Å². The van der Waals surface area contributed by atoms with Gasteiger partial charge in [0.05, 0.1) is 12.2 Å². The van der Waals surface area contributed by atoms with Crippen LogP contribution in [0, 0.1) is 46.3 Å².